The van der Waals surface area contributed by atoms with Crippen molar-refractivity contribution in [2.45, 2.75) is 12.7 Å². The molecule has 0 fully saturated rings. The molecule has 2 N–H and O–H groups in total. The number of nitro groups is 1. The number of aromatic nitrogens is 2. The third-order valence-electron chi connectivity index (χ3n) is 4.10. The van der Waals surface area contributed by atoms with Crippen molar-refractivity contribution in [3.63, 3.8) is 0 Å². The molecule has 0 radical (unpaired) electrons. The van der Waals surface area contributed by atoms with Crippen LogP contribution in [0.1, 0.15) is 5.76 Å². The van der Waals surface area contributed by atoms with E-state index in [-0.39, 0.29) is 5.69 Å². The summed E-state index contributed by atoms with van der Waals surface area (Å²) in [6.45, 7) is 0.365. The van der Waals surface area contributed by atoms with Crippen LogP contribution < -0.4 is 15.5 Å². The van der Waals surface area contributed by atoms with E-state index in [1.165, 1.54) is 18.5 Å². The van der Waals surface area contributed by atoms with Gasteiger partial charge >= 0.3 is 0 Å². The van der Waals surface area contributed by atoms with Crippen molar-refractivity contribution in [3.8, 4) is 0 Å². The van der Waals surface area contributed by atoms with Gasteiger partial charge in [-0.2, -0.15) is 0 Å². The Kier molecular flexibility index (Phi) is 4.13. The molecule has 0 saturated heterocycles. The van der Waals surface area contributed by atoms with Crippen LogP contribution >= 0.6 is 0 Å². The molecule has 10 heteroatoms. The van der Waals surface area contributed by atoms with E-state index in [1.54, 1.807) is 29.4 Å². The zero-order chi connectivity index (χ0) is 18.8. The minimum atomic E-state index is -0.612. The van der Waals surface area contributed by atoms with E-state index in [4.69, 9.17) is 4.42 Å². The lowest BCUT2D eigenvalue weighted by Crippen LogP contribution is -2.36. The van der Waals surface area contributed by atoms with Crippen LogP contribution in [0.2, 0.25) is 0 Å². The summed E-state index contributed by atoms with van der Waals surface area (Å²) in [6, 6.07) is 9.55. The highest BCUT2D eigenvalue weighted by Crippen LogP contribution is 2.38. The van der Waals surface area contributed by atoms with Gasteiger partial charge in [-0.1, -0.05) is 0 Å². The molecule has 1 atom stereocenters. The van der Waals surface area contributed by atoms with Crippen LogP contribution in [-0.2, 0) is 11.3 Å². The van der Waals surface area contributed by atoms with E-state index < -0.39 is 11.1 Å². The summed E-state index contributed by atoms with van der Waals surface area (Å²) >= 11 is 0. The van der Waals surface area contributed by atoms with Gasteiger partial charge in [0.2, 0.25) is 0 Å². The van der Waals surface area contributed by atoms with E-state index >= 15 is 0 Å². The van der Waals surface area contributed by atoms with Crippen molar-refractivity contribution < 1.29 is 14.1 Å². The smallest absolute Gasteiger partial charge is 0.269 e. The maximum absolute atomic E-state index is 11.5. The highest BCUT2D eigenvalue weighted by molar-refractivity contribution is 5.89. The number of aldehydes is 1. The second kappa shape index (κ2) is 6.75. The molecule has 0 saturated carbocycles. The maximum atomic E-state index is 11.5. The molecule has 3 aromatic rings. The van der Waals surface area contributed by atoms with Crippen LogP contribution in [-0.4, -0.2) is 27.3 Å². The molecule has 10 nitrogen and oxygen atoms in total. The SMILES string of the molecule is O=CC1Nc2c(Nc3ccc([N+](=O)[O-])cc3)ncnc2N1Cc1ccco1. The van der Waals surface area contributed by atoms with Gasteiger partial charge in [-0.05, 0) is 24.3 Å². The molecule has 0 aliphatic carbocycles. The fourth-order valence-corrected chi connectivity index (χ4v) is 2.83. The van der Waals surface area contributed by atoms with E-state index in [2.05, 4.69) is 20.6 Å². The third-order valence-corrected chi connectivity index (χ3v) is 4.10. The number of hydrogen-bond acceptors (Lipinski definition) is 9. The number of carbonyl (C=O) groups excluding carboxylic acids is 1. The van der Waals surface area contributed by atoms with Gasteiger partial charge in [0.15, 0.2) is 24.1 Å². The normalized spacial score (nSPS) is 15.1. The quantitative estimate of drug-likeness (QED) is 0.384. The van der Waals surface area contributed by atoms with Crippen molar-refractivity contribution in [3.05, 3.63) is 64.9 Å². The number of fused-ring (bicyclic) bond motifs is 1. The summed E-state index contributed by atoms with van der Waals surface area (Å²) in [5, 5.41) is 16.9. The number of hydrogen-bond donors (Lipinski definition) is 2. The molecule has 1 aromatic carbocycles. The van der Waals surface area contributed by atoms with E-state index in [0.29, 0.717) is 35.3 Å². The largest absolute Gasteiger partial charge is 0.467 e. The average molecular weight is 366 g/mol. The molecule has 4 rings (SSSR count). The van der Waals surface area contributed by atoms with Gasteiger partial charge in [-0.25, -0.2) is 9.97 Å². The Balaban J connectivity index is 1.62. The lowest BCUT2D eigenvalue weighted by molar-refractivity contribution is -0.384. The summed E-state index contributed by atoms with van der Waals surface area (Å²) in [4.78, 5) is 32.1. The van der Waals surface area contributed by atoms with Crippen LogP contribution in [0.4, 0.5) is 28.7 Å². The number of nitrogens with one attached hydrogen (secondary N) is 2. The van der Waals surface area contributed by atoms with Crippen LogP contribution in [0.3, 0.4) is 0 Å². The molecule has 0 bridgehead atoms. The molecule has 136 valence electrons. The van der Waals surface area contributed by atoms with Crippen LogP contribution in [0, 0.1) is 10.1 Å². The second-order valence-corrected chi connectivity index (χ2v) is 5.78. The molecule has 1 unspecified atom stereocenters. The zero-order valence-corrected chi connectivity index (χ0v) is 13.9. The van der Waals surface area contributed by atoms with Gasteiger partial charge in [0.05, 0.1) is 17.7 Å². The number of benzene rings is 1. The van der Waals surface area contributed by atoms with E-state index in [0.717, 1.165) is 6.29 Å². The predicted octanol–water partition coefficient (Wildman–Crippen LogP) is 2.68. The first-order valence-electron chi connectivity index (χ1n) is 8.03. The molecule has 2 aromatic heterocycles. The lowest BCUT2D eigenvalue weighted by Gasteiger charge is -2.20. The number of anilines is 4. The third kappa shape index (κ3) is 3.15. The summed E-state index contributed by atoms with van der Waals surface area (Å²) < 4.78 is 5.36. The summed E-state index contributed by atoms with van der Waals surface area (Å²) in [5.74, 6) is 1.71. The minimum Gasteiger partial charge on any atom is -0.467 e. The Morgan fingerprint density at radius 2 is 2.11 bits per heavy atom. The topological polar surface area (TPSA) is 126 Å². The van der Waals surface area contributed by atoms with Crippen LogP contribution in [0.5, 0.6) is 0 Å². The highest BCUT2D eigenvalue weighted by atomic mass is 16.6. The van der Waals surface area contributed by atoms with Gasteiger partial charge in [-0.15, -0.1) is 0 Å². The number of carbonyl (C=O) groups is 1. The molecule has 1 aliphatic heterocycles. The second-order valence-electron chi connectivity index (χ2n) is 5.78. The van der Waals surface area contributed by atoms with Crippen LogP contribution in [0.25, 0.3) is 0 Å². The first-order valence-corrected chi connectivity index (χ1v) is 8.03. The Morgan fingerprint density at radius 3 is 2.78 bits per heavy atom. The lowest BCUT2D eigenvalue weighted by atomic mass is 10.3. The molecule has 27 heavy (non-hydrogen) atoms. The summed E-state index contributed by atoms with van der Waals surface area (Å²) in [7, 11) is 0. The number of non-ortho nitro benzene ring substituents is 1. The van der Waals surface area contributed by atoms with Gasteiger partial charge in [-0.3, -0.25) is 14.9 Å². The minimum absolute atomic E-state index is 0.00256. The van der Waals surface area contributed by atoms with Crippen LogP contribution in [0.15, 0.2) is 53.4 Å². The average Bonchev–Trinajstić information content (AvgIpc) is 3.31. The number of furan rings is 1. The monoisotopic (exact) mass is 366 g/mol. The number of nitrogens with zero attached hydrogens (tertiary/aromatic N) is 4. The summed E-state index contributed by atoms with van der Waals surface area (Å²) in [5.41, 5.74) is 1.19. The summed E-state index contributed by atoms with van der Waals surface area (Å²) in [6.07, 6.45) is 3.12. The molecule has 0 spiro atoms. The standard InChI is InChI=1S/C17H14N6O4/c24-9-14-21-15-16(20-11-3-5-12(6-4-11)23(25)26)18-10-19-17(15)22(14)8-13-2-1-7-27-13/h1-7,9-10,14,21H,8H2,(H,18,19,20). The number of rotatable bonds is 6. The first-order chi connectivity index (χ1) is 13.2. The maximum Gasteiger partial charge on any atom is 0.269 e. The zero-order valence-electron chi connectivity index (χ0n) is 13.9. The van der Waals surface area contributed by atoms with Crippen molar-refractivity contribution in [1.29, 1.82) is 0 Å². The molecule has 1 aliphatic rings. The molecule has 0 amide bonds. The molecular formula is C17H14N6O4. The highest BCUT2D eigenvalue weighted by Gasteiger charge is 2.33. The Labute approximate surface area is 153 Å². The van der Waals surface area contributed by atoms with Gasteiger partial charge < -0.3 is 20.0 Å². The molecular weight excluding hydrogens is 352 g/mol. The van der Waals surface area contributed by atoms with Crippen molar-refractivity contribution >= 4 is 35.0 Å². The van der Waals surface area contributed by atoms with Crippen molar-refractivity contribution in [1.82, 2.24) is 9.97 Å². The Morgan fingerprint density at radius 1 is 1.30 bits per heavy atom. The van der Waals surface area contributed by atoms with E-state index in [9.17, 15) is 14.9 Å². The Bertz CT molecular complexity index is 974. The molecule has 3 heterocycles. The van der Waals surface area contributed by atoms with Gasteiger partial charge in [0.1, 0.15) is 17.8 Å². The predicted molar refractivity (Wildman–Crippen MR) is 96.8 cm³/mol. The van der Waals surface area contributed by atoms with Crippen molar-refractivity contribution in [2.75, 3.05) is 15.5 Å². The van der Waals surface area contributed by atoms with Crippen molar-refractivity contribution in [2.24, 2.45) is 0 Å². The fourth-order valence-electron chi connectivity index (χ4n) is 2.83. The number of nitro benzene ring substituents is 1. The fraction of sp³-hybridized carbons (Fsp3) is 0.118. The van der Waals surface area contributed by atoms with Gasteiger partial charge in [0.25, 0.3) is 5.69 Å². The first kappa shape index (κ1) is 16.5. The van der Waals surface area contributed by atoms with E-state index in [1.807, 2.05) is 6.07 Å². The van der Waals surface area contributed by atoms with Gasteiger partial charge in [0, 0.05) is 17.8 Å². The Hall–Kier alpha value is -3.95.